The monoisotopic (exact) mass is 373 g/mol. The fourth-order valence-corrected chi connectivity index (χ4v) is 3.89. The lowest BCUT2D eigenvalue weighted by molar-refractivity contribution is 0.170. The third-order valence-corrected chi connectivity index (χ3v) is 5.20. The van der Waals surface area contributed by atoms with Crippen molar-refractivity contribution in [1.82, 2.24) is 15.1 Å². The number of benzene rings is 2. The quantitative estimate of drug-likeness (QED) is 0.869. The van der Waals surface area contributed by atoms with Crippen LogP contribution in [0.2, 0.25) is 0 Å². The van der Waals surface area contributed by atoms with Gasteiger partial charge in [0.25, 0.3) is 0 Å². The zero-order chi connectivity index (χ0) is 16.9. The van der Waals surface area contributed by atoms with Gasteiger partial charge in [0.15, 0.2) is 0 Å². The number of hydrogen-bond acceptors (Lipinski definition) is 4. The summed E-state index contributed by atoms with van der Waals surface area (Å²) in [5, 5.41) is 3.45. The van der Waals surface area contributed by atoms with Gasteiger partial charge in [0.1, 0.15) is 11.5 Å². The molecule has 2 aliphatic heterocycles. The minimum absolute atomic E-state index is 0. The molecule has 140 valence electrons. The highest BCUT2D eigenvalue weighted by molar-refractivity contribution is 5.85. The molecule has 0 radical (unpaired) electrons. The van der Waals surface area contributed by atoms with Gasteiger partial charge in [-0.3, -0.25) is 9.80 Å². The molecule has 5 heteroatoms. The number of nitrogens with one attached hydrogen (secondary N) is 1. The summed E-state index contributed by atoms with van der Waals surface area (Å²) < 4.78 is 5.97. The normalized spacial score (nSPS) is 21.3. The molecule has 0 aliphatic carbocycles. The van der Waals surface area contributed by atoms with Gasteiger partial charge in [-0.25, -0.2) is 0 Å². The van der Waals surface area contributed by atoms with Crippen LogP contribution in [0.1, 0.15) is 12.0 Å². The second kappa shape index (κ2) is 9.38. The fraction of sp³-hybridized carbons (Fsp3) is 0.429. The summed E-state index contributed by atoms with van der Waals surface area (Å²) in [5.41, 5.74) is 1.33. The second-order valence-corrected chi connectivity index (χ2v) is 7.03. The molecule has 2 saturated heterocycles. The summed E-state index contributed by atoms with van der Waals surface area (Å²) in [6.07, 6.45) is 1.29. The first-order valence-electron chi connectivity index (χ1n) is 9.36. The Morgan fingerprint density at radius 1 is 0.923 bits per heavy atom. The predicted molar refractivity (Wildman–Crippen MR) is 108 cm³/mol. The summed E-state index contributed by atoms with van der Waals surface area (Å²) >= 11 is 0. The maximum Gasteiger partial charge on any atom is 0.127 e. The van der Waals surface area contributed by atoms with E-state index in [4.69, 9.17) is 4.74 Å². The summed E-state index contributed by atoms with van der Waals surface area (Å²) in [4.78, 5) is 5.24. The Balaban J connectivity index is 0.00000196. The van der Waals surface area contributed by atoms with Crippen molar-refractivity contribution in [3.05, 3.63) is 60.2 Å². The molecule has 1 unspecified atom stereocenters. The lowest BCUT2D eigenvalue weighted by Gasteiger charge is -2.32. The molecule has 2 fully saturated rings. The first-order valence-corrected chi connectivity index (χ1v) is 9.36. The van der Waals surface area contributed by atoms with Gasteiger partial charge in [-0.2, -0.15) is 0 Å². The van der Waals surface area contributed by atoms with Gasteiger partial charge in [-0.15, -0.1) is 12.4 Å². The van der Waals surface area contributed by atoms with E-state index in [9.17, 15) is 0 Å². The maximum absolute atomic E-state index is 5.97. The molecule has 0 bridgehead atoms. The number of piperazine rings is 1. The summed E-state index contributed by atoms with van der Waals surface area (Å²) in [6.45, 7) is 8.04. The summed E-state index contributed by atoms with van der Waals surface area (Å²) in [7, 11) is 0. The fourth-order valence-electron chi connectivity index (χ4n) is 3.89. The molecule has 0 amide bonds. The van der Waals surface area contributed by atoms with Crippen molar-refractivity contribution in [2.24, 2.45) is 0 Å². The highest BCUT2D eigenvalue weighted by atomic mass is 35.5. The van der Waals surface area contributed by atoms with Crippen LogP contribution in [0.3, 0.4) is 0 Å². The van der Waals surface area contributed by atoms with Crippen LogP contribution in [0, 0.1) is 0 Å². The molecule has 1 N–H and O–H groups in total. The van der Waals surface area contributed by atoms with Crippen LogP contribution in [0.4, 0.5) is 0 Å². The Hall–Kier alpha value is -1.59. The smallest absolute Gasteiger partial charge is 0.127 e. The van der Waals surface area contributed by atoms with Crippen molar-refractivity contribution in [2.45, 2.75) is 19.0 Å². The van der Waals surface area contributed by atoms with Crippen molar-refractivity contribution in [1.29, 1.82) is 0 Å². The topological polar surface area (TPSA) is 27.7 Å². The Kier molecular flexibility index (Phi) is 6.92. The van der Waals surface area contributed by atoms with Crippen LogP contribution >= 0.6 is 12.4 Å². The number of likely N-dealkylation sites (tertiary alicyclic amines) is 1. The van der Waals surface area contributed by atoms with Crippen molar-refractivity contribution in [3.63, 3.8) is 0 Å². The first kappa shape index (κ1) is 19.2. The molecule has 1 atom stereocenters. The van der Waals surface area contributed by atoms with E-state index in [1.54, 1.807) is 0 Å². The molecule has 0 aromatic heterocycles. The maximum atomic E-state index is 5.97. The van der Waals surface area contributed by atoms with Crippen molar-refractivity contribution >= 4 is 12.4 Å². The van der Waals surface area contributed by atoms with Crippen LogP contribution in [0.25, 0.3) is 0 Å². The molecule has 2 heterocycles. The van der Waals surface area contributed by atoms with Gasteiger partial charge in [0.05, 0.1) is 0 Å². The number of hydrogen-bond donors (Lipinski definition) is 1. The Labute approximate surface area is 162 Å². The lowest BCUT2D eigenvalue weighted by Crippen LogP contribution is -2.49. The third-order valence-electron chi connectivity index (χ3n) is 5.20. The van der Waals surface area contributed by atoms with Crippen molar-refractivity contribution in [2.75, 3.05) is 39.3 Å². The zero-order valence-electron chi connectivity index (χ0n) is 15.1. The van der Waals surface area contributed by atoms with E-state index in [1.807, 2.05) is 36.4 Å². The van der Waals surface area contributed by atoms with Crippen molar-refractivity contribution < 1.29 is 4.74 Å². The lowest BCUT2D eigenvalue weighted by atomic mass is 10.2. The van der Waals surface area contributed by atoms with E-state index in [0.29, 0.717) is 0 Å². The molecular formula is C21H28ClN3O. The summed E-state index contributed by atoms with van der Waals surface area (Å²) in [5.74, 6) is 1.81. The number of nitrogens with zero attached hydrogens (tertiary/aromatic N) is 2. The van der Waals surface area contributed by atoms with Gasteiger partial charge in [0.2, 0.25) is 0 Å². The number of para-hydroxylation sites is 1. The van der Waals surface area contributed by atoms with Gasteiger partial charge in [0, 0.05) is 51.9 Å². The number of rotatable bonds is 5. The molecule has 0 saturated carbocycles. The average Bonchev–Trinajstić information content (AvgIpc) is 3.12. The minimum atomic E-state index is 0. The van der Waals surface area contributed by atoms with E-state index in [0.717, 1.165) is 37.2 Å². The first-order chi connectivity index (χ1) is 12.4. The van der Waals surface area contributed by atoms with E-state index in [2.05, 4.69) is 33.3 Å². The third kappa shape index (κ3) is 4.98. The van der Waals surface area contributed by atoms with E-state index >= 15 is 0 Å². The van der Waals surface area contributed by atoms with Crippen molar-refractivity contribution in [3.8, 4) is 11.5 Å². The number of halogens is 1. The Morgan fingerprint density at radius 2 is 1.69 bits per heavy atom. The molecule has 4 rings (SSSR count). The zero-order valence-corrected chi connectivity index (χ0v) is 16.0. The molecule has 2 aromatic rings. The van der Waals surface area contributed by atoms with Crippen LogP contribution in [0.5, 0.6) is 11.5 Å². The highest BCUT2D eigenvalue weighted by Crippen LogP contribution is 2.24. The van der Waals surface area contributed by atoms with E-state index in [1.165, 1.54) is 38.2 Å². The van der Waals surface area contributed by atoms with Gasteiger partial charge < -0.3 is 10.1 Å². The van der Waals surface area contributed by atoms with E-state index in [-0.39, 0.29) is 12.4 Å². The molecule has 0 spiro atoms. The minimum Gasteiger partial charge on any atom is -0.457 e. The number of ether oxygens (including phenoxy) is 1. The van der Waals surface area contributed by atoms with Gasteiger partial charge >= 0.3 is 0 Å². The van der Waals surface area contributed by atoms with Crippen LogP contribution in [0.15, 0.2) is 54.6 Å². The molecule has 26 heavy (non-hydrogen) atoms. The standard InChI is InChI=1S/C21H27N3O.ClH/c1-2-6-20(7-3-1)25-21-8-4-5-18(15-21)16-23-12-9-19(17-23)24-13-10-22-11-14-24;/h1-8,15,19,22H,9-14,16-17H2;1H. The molecule has 2 aromatic carbocycles. The Bertz CT molecular complexity index is 676. The molecule has 4 nitrogen and oxygen atoms in total. The van der Waals surface area contributed by atoms with Crippen LogP contribution < -0.4 is 10.1 Å². The molecular weight excluding hydrogens is 346 g/mol. The molecule has 2 aliphatic rings. The SMILES string of the molecule is Cl.c1ccc(Oc2cccc(CN3CCC(N4CCNCC4)C3)c2)cc1. The van der Waals surface area contributed by atoms with Gasteiger partial charge in [-0.05, 0) is 36.2 Å². The largest absolute Gasteiger partial charge is 0.457 e. The van der Waals surface area contributed by atoms with Crippen LogP contribution in [-0.4, -0.2) is 55.1 Å². The Morgan fingerprint density at radius 3 is 2.50 bits per heavy atom. The summed E-state index contributed by atoms with van der Waals surface area (Å²) in [6, 6.07) is 19.2. The van der Waals surface area contributed by atoms with E-state index < -0.39 is 0 Å². The average molecular weight is 374 g/mol. The highest BCUT2D eigenvalue weighted by Gasteiger charge is 2.28. The second-order valence-electron chi connectivity index (χ2n) is 7.03. The predicted octanol–water partition coefficient (Wildman–Crippen LogP) is 3.38. The van der Waals surface area contributed by atoms with Crippen LogP contribution in [-0.2, 0) is 6.54 Å². The van der Waals surface area contributed by atoms with Gasteiger partial charge in [-0.1, -0.05) is 30.3 Å².